The molecule has 0 aliphatic heterocycles. The lowest BCUT2D eigenvalue weighted by Gasteiger charge is -2.29. The van der Waals surface area contributed by atoms with Crippen LogP contribution in [0.4, 0.5) is 0 Å². The number of rotatable bonds is 3. The average molecular weight is 301 g/mol. The molecule has 0 saturated heterocycles. The molecule has 0 spiro atoms. The number of hydrogen-bond acceptors (Lipinski definition) is 3. The van der Waals surface area contributed by atoms with Gasteiger partial charge < -0.3 is 10.4 Å². The summed E-state index contributed by atoms with van der Waals surface area (Å²) in [5.41, 5.74) is 0.126. The summed E-state index contributed by atoms with van der Waals surface area (Å²) in [4.78, 5) is 16.0. The minimum absolute atomic E-state index is 0.0975. The fourth-order valence-corrected chi connectivity index (χ4v) is 1.75. The third-order valence-corrected chi connectivity index (χ3v) is 3.15. The summed E-state index contributed by atoms with van der Waals surface area (Å²) in [6.45, 7) is 5.78. The van der Waals surface area contributed by atoms with Gasteiger partial charge in [0.2, 0.25) is 0 Å². The fourth-order valence-electron chi connectivity index (χ4n) is 1.32. The first-order valence-electron chi connectivity index (χ1n) is 5.38. The van der Waals surface area contributed by atoms with E-state index in [4.69, 9.17) is 0 Å². The number of hydrogen-bond donors (Lipinski definition) is 2. The molecule has 0 aromatic carbocycles. The Kier molecular flexibility index (Phi) is 4.65. The SMILES string of the molecule is CC(C)(C)C(CO)NC(=O)c1ncccc1Br. The Hall–Kier alpha value is -0.940. The monoisotopic (exact) mass is 300 g/mol. The summed E-state index contributed by atoms with van der Waals surface area (Å²) >= 11 is 3.27. The number of carbonyl (C=O) groups is 1. The van der Waals surface area contributed by atoms with Gasteiger partial charge in [0.15, 0.2) is 0 Å². The lowest BCUT2D eigenvalue weighted by atomic mass is 9.87. The van der Waals surface area contributed by atoms with E-state index in [2.05, 4.69) is 26.2 Å². The summed E-state index contributed by atoms with van der Waals surface area (Å²) in [5, 5.41) is 12.1. The molecule has 1 aromatic heterocycles. The second-order valence-corrected chi connectivity index (χ2v) is 5.76. The Morgan fingerprint density at radius 3 is 2.71 bits per heavy atom. The van der Waals surface area contributed by atoms with E-state index < -0.39 is 0 Å². The van der Waals surface area contributed by atoms with Gasteiger partial charge in [-0.05, 0) is 33.5 Å². The molecule has 4 nitrogen and oxygen atoms in total. The molecule has 5 heteroatoms. The maximum Gasteiger partial charge on any atom is 0.271 e. The highest BCUT2D eigenvalue weighted by Gasteiger charge is 2.26. The van der Waals surface area contributed by atoms with Crippen molar-refractivity contribution in [2.45, 2.75) is 26.8 Å². The molecule has 0 bridgehead atoms. The second-order valence-electron chi connectivity index (χ2n) is 4.91. The number of carbonyl (C=O) groups excluding carboxylic acids is 1. The van der Waals surface area contributed by atoms with Crippen molar-refractivity contribution in [1.29, 1.82) is 0 Å². The van der Waals surface area contributed by atoms with E-state index in [-0.39, 0.29) is 24.0 Å². The van der Waals surface area contributed by atoms with Crippen LogP contribution in [0.2, 0.25) is 0 Å². The van der Waals surface area contributed by atoms with Crippen molar-refractivity contribution in [3.8, 4) is 0 Å². The molecule has 0 fully saturated rings. The van der Waals surface area contributed by atoms with Gasteiger partial charge in [0, 0.05) is 10.7 Å². The van der Waals surface area contributed by atoms with Gasteiger partial charge in [-0.25, -0.2) is 4.98 Å². The topological polar surface area (TPSA) is 62.2 Å². The van der Waals surface area contributed by atoms with Crippen LogP contribution >= 0.6 is 15.9 Å². The minimum atomic E-state index is -0.302. The van der Waals surface area contributed by atoms with Crippen LogP contribution in [0.5, 0.6) is 0 Å². The Balaban J connectivity index is 2.83. The molecule has 0 radical (unpaired) electrons. The standard InChI is InChI=1S/C12H17BrN2O2/c1-12(2,3)9(7-16)15-11(17)10-8(13)5-4-6-14-10/h4-6,9,16H,7H2,1-3H3,(H,15,17). The van der Waals surface area contributed by atoms with Crippen molar-refractivity contribution in [1.82, 2.24) is 10.3 Å². The molecule has 0 saturated carbocycles. The number of nitrogens with zero attached hydrogens (tertiary/aromatic N) is 1. The molecule has 94 valence electrons. The second kappa shape index (κ2) is 5.60. The fraction of sp³-hybridized carbons (Fsp3) is 0.500. The highest BCUT2D eigenvalue weighted by molar-refractivity contribution is 9.10. The molecule has 1 heterocycles. The van der Waals surface area contributed by atoms with Gasteiger partial charge >= 0.3 is 0 Å². The number of nitrogens with one attached hydrogen (secondary N) is 1. The molecule has 0 aliphatic rings. The first kappa shape index (κ1) is 14.1. The van der Waals surface area contributed by atoms with Gasteiger partial charge in [0.1, 0.15) is 5.69 Å². The van der Waals surface area contributed by atoms with Crippen LogP contribution in [0, 0.1) is 5.41 Å². The van der Waals surface area contributed by atoms with E-state index >= 15 is 0 Å². The molecule has 1 amide bonds. The van der Waals surface area contributed by atoms with Gasteiger partial charge in [-0.3, -0.25) is 4.79 Å². The number of amides is 1. The molecule has 0 aliphatic carbocycles. The highest BCUT2D eigenvalue weighted by Crippen LogP contribution is 2.20. The third kappa shape index (κ3) is 3.78. The molecular formula is C12H17BrN2O2. The largest absolute Gasteiger partial charge is 0.394 e. The number of aromatic nitrogens is 1. The minimum Gasteiger partial charge on any atom is -0.394 e. The molecule has 1 aromatic rings. The predicted molar refractivity (Wildman–Crippen MR) is 69.7 cm³/mol. The van der Waals surface area contributed by atoms with E-state index in [1.54, 1.807) is 18.3 Å². The van der Waals surface area contributed by atoms with Crippen LogP contribution in [-0.4, -0.2) is 28.6 Å². The van der Waals surface area contributed by atoms with Crippen LogP contribution in [0.15, 0.2) is 22.8 Å². The van der Waals surface area contributed by atoms with Crippen LogP contribution < -0.4 is 5.32 Å². The van der Waals surface area contributed by atoms with Gasteiger partial charge in [0.05, 0.1) is 12.6 Å². The number of halogens is 1. The Morgan fingerprint density at radius 2 is 2.24 bits per heavy atom. The normalized spacial score (nSPS) is 13.2. The van der Waals surface area contributed by atoms with Gasteiger partial charge in [0.25, 0.3) is 5.91 Å². The van der Waals surface area contributed by atoms with Crippen molar-refractivity contribution in [2.24, 2.45) is 5.41 Å². The third-order valence-electron chi connectivity index (χ3n) is 2.51. The van der Waals surface area contributed by atoms with Crippen molar-refractivity contribution in [2.75, 3.05) is 6.61 Å². The summed E-state index contributed by atoms with van der Waals surface area (Å²) < 4.78 is 0.642. The first-order valence-corrected chi connectivity index (χ1v) is 6.18. The van der Waals surface area contributed by atoms with E-state index in [1.165, 1.54) is 0 Å². The molecular weight excluding hydrogens is 284 g/mol. The van der Waals surface area contributed by atoms with E-state index in [0.29, 0.717) is 10.2 Å². The quantitative estimate of drug-likeness (QED) is 0.897. The van der Waals surface area contributed by atoms with Crippen molar-refractivity contribution >= 4 is 21.8 Å². The smallest absolute Gasteiger partial charge is 0.271 e. The van der Waals surface area contributed by atoms with Crippen LogP contribution in [0.3, 0.4) is 0 Å². The molecule has 1 rings (SSSR count). The van der Waals surface area contributed by atoms with Crippen molar-refractivity contribution < 1.29 is 9.90 Å². The zero-order chi connectivity index (χ0) is 13.1. The summed E-state index contributed by atoms with van der Waals surface area (Å²) in [6.07, 6.45) is 1.56. The zero-order valence-corrected chi connectivity index (χ0v) is 11.8. The Morgan fingerprint density at radius 1 is 1.59 bits per heavy atom. The molecule has 17 heavy (non-hydrogen) atoms. The van der Waals surface area contributed by atoms with E-state index in [0.717, 1.165) is 0 Å². The molecule has 2 N–H and O–H groups in total. The zero-order valence-electron chi connectivity index (χ0n) is 10.2. The predicted octanol–water partition coefficient (Wildman–Crippen LogP) is 1.98. The van der Waals surface area contributed by atoms with Gasteiger partial charge in [-0.1, -0.05) is 20.8 Å². The molecule has 1 atom stereocenters. The first-order chi connectivity index (χ1) is 7.86. The van der Waals surface area contributed by atoms with Crippen LogP contribution in [-0.2, 0) is 0 Å². The summed E-state index contributed by atoms with van der Waals surface area (Å²) in [6, 6.07) is 3.20. The van der Waals surface area contributed by atoms with Gasteiger partial charge in [-0.2, -0.15) is 0 Å². The lowest BCUT2D eigenvalue weighted by Crippen LogP contribution is -2.46. The van der Waals surface area contributed by atoms with Gasteiger partial charge in [-0.15, -0.1) is 0 Å². The number of pyridine rings is 1. The van der Waals surface area contributed by atoms with E-state index in [1.807, 2.05) is 20.8 Å². The number of aliphatic hydroxyl groups is 1. The molecule has 1 unspecified atom stereocenters. The van der Waals surface area contributed by atoms with Crippen LogP contribution in [0.1, 0.15) is 31.3 Å². The number of aliphatic hydroxyl groups excluding tert-OH is 1. The summed E-state index contributed by atoms with van der Waals surface area (Å²) in [7, 11) is 0. The maximum absolute atomic E-state index is 12.0. The highest BCUT2D eigenvalue weighted by atomic mass is 79.9. The Bertz CT molecular complexity index is 402. The summed E-state index contributed by atoms with van der Waals surface area (Å²) in [5.74, 6) is -0.286. The van der Waals surface area contributed by atoms with Crippen molar-refractivity contribution in [3.63, 3.8) is 0 Å². The Labute approximate surface area is 110 Å². The maximum atomic E-state index is 12.0. The van der Waals surface area contributed by atoms with Crippen molar-refractivity contribution in [3.05, 3.63) is 28.5 Å². The average Bonchev–Trinajstić information content (AvgIpc) is 2.24. The van der Waals surface area contributed by atoms with E-state index in [9.17, 15) is 9.90 Å². The lowest BCUT2D eigenvalue weighted by molar-refractivity contribution is 0.0842. The van der Waals surface area contributed by atoms with Crippen LogP contribution in [0.25, 0.3) is 0 Å².